The Labute approximate surface area is 141 Å². The van der Waals surface area contributed by atoms with Crippen LogP contribution in [0.4, 0.5) is 19.3 Å². The van der Waals surface area contributed by atoms with Crippen LogP contribution < -0.4 is 10.6 Å². The van der Waals surface area contributed by atoms with Crippen molar-refractivity contribution in [2.45, 2.75) is 19.4 Å². The molecule has 1 aliphatic rings. The van der Waals surface area contributed by atoms with E-state index in [1.54, 1.807) is 0 Å². The molecule has 134 valence electrons. The van der Waals surface area contributed by atoms with Gasteiger partial charge in [-0.1, -0.05) is 0 Å². The quantitative estimate of drug-likeness (QED) is 0.600. The van der Waals surface area contributed by atoms with E-state index in [1.807, 2.05) is 0 Å². The summed E-state index contributed by atoms with van der Waals surface area (Å²) in [7, 11) is 0. The van der Waals surface area contributed by atoms with Crippen LogP contribution in [0.15, 0.2) is 18.2 Å². The minimum atomic E-state index is -1.14. The molecule has 1 saturated heterocycles. The smallest absolute Gasteiger partial charge is 0.326 e. The molecule has 0 atom stereocenters. The molecule has 25 heavy (non-hydrogen) atoms. The van der Waals surface area contributed by atoms with E-state index in [2.05, 4.69) is 15.4 Å². The van der Waals surface area contributed by atoms with Gasteiger partial charge in [-0.15, -0.1) is 0 Å². The number of imide groups is 1. The monoisotopic (exact) mass is 355 g/mol. The van der Waals surface area contributed by atoms with E-state index in [9.17, 15) is 28.0 Å². The third-order valence-corrected chi connectivity index (χ3v) is 3.30. The zero-order valence-electron chi connectivity index (χ0n) is 13.4. The van der Waals surface area contributed by atoms with Crippen LogP contribution in [0.1, 0.15) is 13.8 Å². The molecule has 0 unspecified atom stereocenters. The molecule has 8 nitrogen and oxygen atoms in total. The molecule has 1 heterocycles. The SMILES string of the molecule is CC1(C)NC(=O)N(CC(=O)OCC(=O)Nc2ccc(F)c(F)c2)C1=O. The molecule has 4 amide bonds. The molecule has 0 aromatic heterocycles. The highest BCUT2D eigenvalue weighted by Gasteiger charge is 2.45. The molecule has 0 radical (unpaired) electrons. The summed E-state index contributed by atoms with van der Waals surface area (Å²) in [6.07, 6.45) is 0. The third-order valence-electron chi connectivity index (χ3n) is 3.30. The summed E-state index contributed by atoms with van der Waals surface area (Å²) in [5, 5.41) is 4.60. The fourth-order valence-electron chi connectivity index (χ4n) is 2.05. The molecule has 10 heteroatoms. The van der Waals surface area contributed by atoms with Crippen LogP contribution in [-0.4, -0.2) is 47.4 Å². The van der Waals surface area contributed by atoms with E-state index in [4.69, 9.17) is 0 Å². The van der Waals surface area contributed by atoms with Crippen molar-refractivity contribution in [3.63, 3.8) is 0 Å². The van der Waals surface area contributed by atoms with Crippen molar-refractivity contribution in [3.8, 4) is 0 Å². The number of esters is 1. The van der Waals surface area contributed by atoms with E-state index < -0.39 is 54.1 Å². The van der Waals surface area contributed by atoms with E-state index in [1.165, 1.54) is 13.8 Å². The molecule has 0 bridgehead atoms. The van der Waals surface area contributed by atoms with Gasteiger partial charge in [0.1, 0.15) is 12.1 Å². The fraction of sp³-hybridized carbons (Fsp3) is 0.333. The number of benzene rings is 1. The number of carbonyl (C=O) groups is 4. The Morgan fingerprint density at radius 3 is 2.48 bits per heavy atom. The number of rotatable bonds is 5. The average molecular weight is 355 g/mol. The van der Waals surface area contributed by atoms with Gasteiger partial charge in [-0.3, -0.25) is 19.3 Å². The first-order valence-electron chi connectivity index (χ1n) is 7.15. The van der Waals surface area contributed by atoms with Gasteiger partial charge in [0.15, 0.2) is 18.2 Å². The highest BCUT2D eigenvalue weighted by Crippen LogP contribution is 2.16. The van der Waals surface area contributed by atoms with Crippen molar-refractivity contribution in [1.82, 2.24) is 10.2 Å². The minimum absolute atomic E-state index is 0.0178. The number of halogens is 2. The van der Waals surface area contributed by atoms with Crippen molar-refractivity contribution in [2.75, 3.05) is 18.5 Å². The Bertz CT molecular complexity index is 751. The Morgan fingerprint density at radius 1 is 1.24 bits per heavy atom. The molecular formula is C15H15F2N3O5. The zero-order chi connectivity index (χ0) is 18.8. The average Bonchev–Trinajstić information content (AvgIpc) is 2.71. The maximum Gasteiger partial charge on any atom is 0.326 e. The third kappa shape index (κ3) is 4.28. The second kappa shape index (κ2) is 6.83. The predicted molar refractivity (Wildman–Crippen MR) is 80.3 cm³/mol. The van der Waals surface area contributed by atoms with Gasteiger partial charge in [-0.2, -0.15) is 0 Å². The van der Waals surface area contributed by atoms with Crippen molar-refractivity contribution in [2.24, 2.45) is 0 Å². The Morgan fingerprint density at radius 2 is 1.92 bits per heavy atom. The molecule has 1 fully saturated rings. The number of nitrogens with zero attached hydrogens (tertiary/aromatic N) is 1. The molecular weight excluding hydrogens is 340 g/mol. The van der Waals surface area contributed by atoms with Crippen LogP contribution in [0.3, 0.4) is 0 Å². The van der Waals surface area contributed by atoms with Crippen molar-refractivity contribution in [3.05, 3.63) is 29.8 Å². The summed E-state index contributed by atoms with van der Waals surface area (Å²) >= 11 is 0. The van der Waals surface area contributed by atoms with Gasteiger partial charge in [-0.05, 0) is 26.0 Å². The number of anilines is 1. The Hall–Kier alpha value is -3.04. The van der Waals surface area contributed by atoms with E-state index in [-0.39, 0.29) is 5.69 Å². The summed E-state index contributed by atoms with van der Waals surface area (Å²) < 4.78 is 30.5. The molecule has 2 N–H and O–H groups in total. The van der Waals surface area contributed by atoms with Crippen LogP contribution >= 0.6 is 0 Å². The first-order chi connectivity index (χ1) is 11.6. The van der Waals surface area contributed by atoms with Gasteiger partial charge in [-0.25, -0.2) is 13.6 Å². The van der Waals surface area contributed by atoms with Gasteiger partial charge in [0, 0.05) is 11.8 Å². The highest BCUT2D eigenvalue weighted by molar-refractivity contribution is 6.08. The summed E-state index contributed by atoms with van der Waals surface area (Å²) in [5.41, 5.74) is -1.14. The summed E-state index contributed by atoms with van der Waals surface area (Å²) in [6.45, 7) is 1.60. The summed E-state index contributed by atoms with van der Waals surface area (Å²) in [4.78, 5) is 47.5. The van der Waals surface area contributed by atoms with Crippen LogP contribution in [0.25, 0.3) is 0 Å². The Balaban J connectivity index is 1.83. The van der Waals surface area contributed by atoms with Gasteiger partial charge in [0.05, 0.1) is 0 Å². The number of amides is 4. The van der Waals surface area contributed by atoms with Crippen molar-refractivity contribution < 1.29 is 32.7 Å². The Kier molecular flexibility index (Phi) is 5.00. The van der Waals surface area contributed by atoms with Crippen molar-refractivity contribution in [1.29, 1.82) is 0 Å². The molecule has 0 spiro atoms. The van der Waals surface area contributed by atoms with E-state index >= 15 is 0 Å². The highest BCUT2D eigenvalue weighted by atomic mass is 19.2. The maximum atomic E-state index is 13.0. The fourth-order valence-corrected chi connectivity index (χ4v) is 2.05. The number of carbonyl (C=O) groups excluding carboxylic acids is 4. The molecule has 0 aliphatic carbocycles. The van der Waals surface area contributed by atoms with Gasteiger partial charge in [0.2, 0.25) is 0 Å². The van der Waals surface area contributed by atoms with Gasteiger partial charge < -0.3 is 15.4 Å². The second-order valence-corrected chi connectivity index (χ2v) is 5.78. The lowest BCUT2D eigenvalue weighted by Gasteiger charge is -2.15. The normalized spacial score (nSPS) is 15.8. The largest absolute Gasteiger partial charge is 0.454 e. The standard InChI is InChI=1S/C15H15F2N3O5/c1-15(2)13(23)20(14(24)19-15)6-12(22)25-7-11(21)18-8-3-4-9(16)10(17)5-8/h3-5H,6-7H2,1-2H3,(H,18,21)(H,19,24). The second-order valence-electron chi connectivity index (χ2n) is 5.78. The first kappa shape index (κ1) is 18.3. The van der Waals surface area contributed by atoms with Crippen LogP contribution in [0.5, 0.6) is 0 Å². The number of nitrogens with one attached hydrogen (secondary N) is 2. The van der Waals surface area contributed by atoms with Crippen molar-refractivity contribution >= 4 is 29.5 Å². The predicted octanol–water partition coefficient (Wildman–Crippen LogP) is 0.777. The molecule has 2 rings (SSSR count). The lowest BCUT2D eigenvalue weighted by Crippen LogP contribution is -2.41. The van der Waals surface area contributed by atoms with Gasteiger partial charge >= 0.3 is 12.0 Å². The number of ether oxygens (including phenoxy) is 1. The minimum Gasteiger partial charge on any atom is -0.454 e. The topological polar surface area (TPSA) is 105 Å². The molecule has 1 aromatic rings. The molecule has 1 aliphatic heterocycles. The van der Waals surface area contributed by atoms with Crippen LogP contribution in [0, 0.1) is 11.6 Å². The lowest BCUT2D eigenvalue weighted by atomic mass is 10.1. The number of urea groups is 1. The van der Waals surface area contributed by atoms with E-state index in [0.29, 0.717) is 4.90 Å². The molecule has 0 saturated carbocycles. The summed E-state index contributed by atoms with van der Waals surface area (Å²) in [6, 6.07) is 1.99. The zero-order valence-corrected chi connectivity index (χ0v) is 13.4. The van der Waals surface area contributed by atoms with Crippen LogP contribution in [0.2, 0.25) is 0 Å². The summed E-state index contributed by atoms with van der Waals surface area (Å²) in [5.74, 6) is -4.57. The maximum absolute atomic E-state index is 13.0. The molecule has 1 aromatic carbocycles. The number of hydrogen-bond acceptors (Lipinski definition) is 5. The number of hydrogen-bond donors (Lipinski definition) is 2. The first-order valence-corrected chi connectivity index (χ1v) is 7.15. The van der Waals surface area contributed by atoms with E-state index in [0.717, 1.165) is 18.2 Å². The lowest BCUT2D eigenvalue weighted by molar-refractivity contribution is -0.150. The van der Waals surface area contributed by atoms with Crippen LogP contribution in [-0.2, 0) is 19.1 Å². The van der Waals surface area contributed by atoms with Gasteiger partial charge in [0.25, 0.3) is 11.8 Å².